The van der Waals surface area contributed by atoms with E-state index in [1.165, 1.54) is 91.6 Å². The summed E-state index contributed by atoms with van der Waals surface area (Å²) in [5, 5.41) is 9.79. The van der Waals surface area contributed by atoms with Crippen molar-refractivity contribution in [3.8, 4) is 0 Å². The quantitative estimate of drug-likeness (QED) is 0.0803. The van der Waals surface area contributed by atoms with Crippen molar-refractivity contribution in [1.82, 2.24) is 42.0 Å². The van der Waals surface area contributed by atoms with Crippen LogP contribution < -0.4 is 30.1 Å². The van der Waals surface area contributed by atoms with Crippen LogP contribution in [0, 0.1) is 38.2 Å². The van der Waals surface area contributed by atoms with Crippen LogP contribution in [0.1, 0.15) is 74.5 Å². The Morgan fingerprint density at radius 2 is 0.747 bits per heavy atom. The number of rotatable bonds is 9. The van der Waals surface area contributed by atoms with Crippen LogP contribution in [0.25, 0.3) is 0 Å². The summed E-state index contributed by atoms with van der Waals surface area (Å²) in [5.74, 6) is -3.38. The van der Waals surface area contributed by atoms with Crippen LogP contribution in [0.3, 0.4) is 0 Å². The first-order chi connectivity index (χ1) is 36.5. The minimum absolute atomic E-state index is 0. The number of carbonyl (C=O) groups is 3. The van der Waals surface area contributed by atoms with Crippen molar-refractivity contribution < 1.29 is 52.8 Å². The van der Waals surface area contributed by atoms with Gasteiger partial charge in [-0.1, -0.05) is 42.2 Å². The number of aryl methyl sites for hydroxylation is 3. The Bertz CT molecular complexity index is 3220. The van der Waals surface area contributed by atoms with Crippen LogP contribution in [-0.2, 0) is 45.0 Å². The number of hydrogen-bond acceptors (Lipinski definition) is 15. The zero-order valence-electron chi connectivity index (χ0n) is 41.6. The minimum Gasteiger partial charge on any atom is -0.325 e. The molecule has 3 aromatic heterocycles. The standard InChI is InChI=1S/3C15H16ClFN4O3S2.CH4/c3*1-8-18-7-14(25-8)12-6-13(21(2)26(23,24)20-12)15(22)19-9-3-4-11(17)10(16)5-9;/h3*3-5,7,12-13,20H,6H2,1-2H3,(H,19,22);1H4/t2*12-,13+;;/m10../s1. The zero-order valence-corrected chi connectivity index (χ0v) is 48.8. The van der Waals surface area contributed by atoms with Gasteiger partial charge in [0, 0.05) is 71.4 Å². The predicted octanol–water partition coefficient (Wildman–Crippen LogP) is 8.02. The Morgan fingerprint density at radius 3 is 0.949 bits per heavy atom. The summed E-state index contributed by atoms with van der Waals surface area (Å²) >= 11 is 21.3. The molecule has 0 bridgehead atoms. The van der Waals surface area contributed by atoms with Gasteiger partial charge >= 0.3 is 0 Å². The molecule has 3 amide bonds. The molecule has 428 valence electrons. The molecule has 6 aromatic rings. The lowest BCUT2D eigenvalue weighted by Crippen LogP contribution is -2.55. The summed E-state index contributed by atoms with van der Waals surface area (Å²) in [6.07, 6.45) is 5.52. The Labute approximate surface area is 481 Å². The predicted molar refractivity (Wildman–Crippen MR) is 300 cm³/mol. The Balaban J connectivity index is 0.000000190. The van der Waals surface area contributed by atoms with Crippen LogP contribution >= 0.6 is 68.8 Å². The number of nitrogens with zero attached hydrogens (tertiary/aromatic N) is 6. The van der Waals surface area contributed by atoms with Crippen LogP contribution in [0.5, 0.6) is 0 Å². The summed E-state index contributed by atoms with van der Waals surface area (Å²) in [6.45, 7) is 5.46. The molecule has 6 N–H and O–H groups in total. The van der Waals surface area contributed by atoms with Crippen molar-refractivity contribution in [2.24, 2.45) is 0 Å². The molecule has 3 saturated heterocycles. The maximum absolute atomic E-state index is 13.3. The van der Waals surface area contributed by atoms with Gasteiger partial charge in [0.1, 0.15) is 35.6 Å². The highest BCUT2D eigenvalue weighted by molar-refractivity contribution is 7.87. The van der Waals surface area contributed by atoms with E-state index in [9.17, 15) is 52.8 Å². The summed E-state index contributed by atoms with van der Waals surface area (Å²) in [6, 6.07) is 6.84. The number of likely N-dealkylation sites (N-methyl/N-ethyl adjacent to an activating group) is 3. The highest BCUT2D eigenvalue weighted by atomic mass is 35.5. The molecule has 33 heteroatoms. The largest absolute Gasteiger partial charge is 0.325 e. The minimum atomic E-state index is -3.84. The third kappa shape index (κ3) is 15.6. The average molecular weight is 1270 g/mol. The normalized spacial score (nSPS) is 22.6. The van der Waals surface area contributed by atoms with Crippen LogP contribution in [0.15, 0.2) is 73.2 Å². The van der Waals surface area contributed by atoms with E-state index in [2.05, 4.69) is 45.1 Å². The Hall–Kier alpha value is -4.77. The zero-order chi connectivity index (χ0) is 57.2. The van der Waals surface area contributed by atoms with Crippen LogP contribution in [0.2, 0.25) is 15.1 Å². The second-order valence-electron chi connectivity index (χ2n) is 17.5. The lowest BCUT2D eigenvalue weighted by molar-refractivity contribution is -0.120. The van der Waals surface area contributed by atoms with Crippen molar-refractivity contribution in [2.75, 3.05) is 37.1 Å². The summed E-state index contributed by atoms with van der Waals surface area (Å²) in [4.78, 5) is 52.6. The maximum atomic E-state index is 13.3. The van der Waals surface area contributed by atoms with E-state index in [4.69, 9.17) is 34.8 Å². The third-order valence-corrected chi connectivity index (χ3v) is 20.9. The number of thiazole rings is 3. The number of amides is 3. The van der Waals surface area contributed by atoms with E-state index in [0.717, 1.165) is 60.8 Å². The lowest BCUT2D eigenvalue weighted by Gasteiger charge is -2.35. The highest BCUT2D eigenvalue weighted by Gasteiger charge is 2.44. The number of carbonyl (C=O) groups excluding carboxylic acids is 3. The van der Waals surface area contributed by atoms with Crippen LogP contribution in [-0.4, -0.2) is 110 Å². The molecule has 3 aliphatic rings. The first-order valence-electron chi connectivity index (χ1n) is 22.8. The average Bonchev–Trinajstić information content (AvgIpc) is 4.16. The molecule has 0 spiro atoms. The molecule has 3 aromatic carbocycles. The monoisotopic (exact) mass is 1270 g/mol. The lowest BCUT2D eigenvalue weighted by atomic mass is 10.1. The van der Waals surface area contributed by atoms with Gasteiger partial charge in [-0.05, 0) is 94.6 Å². The fourth-order valence-electron chi connectivity index (χ4n) is 7.90. The number of benzene rings is 3. The van der Waals surface area contributed by atoms with Crippen LogP contribution in [0.4, 0.5) is 30.2 Å². The first kappa shape index (κ1) is 63.4. The van der Waals surface area contributed by atoms with Gasteiger partial charge < -0.3 is 16.0 Å². The van der Waals surface area contributed by atoms with E-state index in [0.29, 0.717) is 0 Å². The van der Waals surface area contributed by atoms with Gasteiger partial charge in [0.15, 0.2) is 0 Å². The van der Waals surface area contributed by atoms with Gasteiger partial charge in [0.2, 0.25) is 17.7 Å². The molecule has 21 nitrogen and oxygen atoms in total. The molecule has 0 radical (unpaired) electrons. The summed E-state index contributed by atoms with van der Waals surface area (Å²) in [5.41, 5.74) is 0.864. The van der Waals surface area contributed by atoms with Gasteiger partial charge in [-0.3, -0.25) is 14.4 Å². The van der Waals surface area contributed by atoms with Crippen molar-refractivity contribution >= 4 is 134 Å². The van der Waals surface area contributed by atoms with Crippen molar-refractivity contribution in [3.63, 3.8) is 0 Å². The van der Waals surface area contributed by atoms with Gasteiger partial charge in [-0.2, -0.15) is 52.3 Å². The SMILES string of the molecule is C.Cc1ncc(C2CC(C(=O)Nc3ccc(F)c(Cl)c3)N(C)S(=O)(=O)N2)s1.Cc1ncc([C@@H]2C[C@H](C(=O)Nc3ccc(F)c(Cl)c3)N(C)S(=O)(=O)N2)s1.Cc1ncc([C@H]2C[C@@H](C(=O)Nc3ccc(F)c(Cl)c3)N(C)S(=O)(=O)N2)s1. The highest BCUT2D eigenvalue weighted by Crippen LogP contribution is 2.35. The fraction of sp³-hybridized carbons (Fsp3) is 0.348. The van der Waals surface area contributed by atoms with E-state index >= 15 is 0 Å². The van der Waals surface area contributed by atoms with Crippen molar-refractivity contribution in [1.29, 1.82) is 0 Å². The fourth-order valence-corrected chi connectivity index (χ4v) is 15.0. The number of halogens is 6. The maximum Gasteiger partial charge on any atom is 0.280 e. The number of nitrogens with one attached hydrogen (secondary N) is 6. The molecule has 79 heavy (non-hydrogen) atoms. The third-order valence-electron chi connectivity index (χ3n) is 12.1. The van der Waals surface area contributed by atoms with E-state index in [1.54, 1.807) is 18.6 Å². The van der Waals surface area contributed by atoms with E-state index in [1.807, 2.05) is 20.8 Å². The van der Waals surface area contributed by atoms with Gasteiger partial charge in [-0.15, -0.1) is 34.0 Å². The second-order valence-corrected chi connectivity index (χ2v) is 27.8. The Kier molecular flexibility index (Phi) is 20.9. The number of anilines is 3. The molecule has 3 fully saturated rings. The molecule has 9 rings (SSSR count). The Morgan fingerprint density at radius 1 is 0.506 bits per heavy atom. The molecule has 0 aliphatic carbocycles. The first-order valence-corrected chi connectivity index (χ1v) is 30.7. The summed E-state index contributed by atoms with van der Waals surface area (Å²) < 4.78 is 125. The van der Waals surface area contributed by atoms with E-state index < -0.39 is 102 Å². The summed E-state index contributed by atoms with van der Waals surface area (Å²) in [7, 11) is -7.51. The van der Waals surface area contributed by atoms with Gasteiger partial charge in [0.05, 0.1) is 48.2 Å². The smallest absolute Gasteiger partial charge is 0.280 e. The second kappa shape index (κ2) is 26.0. The molecular formula is C46H52Cl3F3N12O9S6. The molecular weight excluding hydrogens is 1220 g/mol. The van der Waals surface area contributed by atoms with Gasteiger partial charge in [-0.25, -0.2) is 28.1 Å². The van der Waals surface area contributed by atoms with Gasteiger partial charge in [0.25, 0.3) is 30.6 Å². The van der Waals surface area contributed by atoms with Crippen molar-refractivity contribution in [3.05, 3.63) is 135 Å². The number of aromatic nitrogens is 3. The molecule has 2 unspecified atom stereocenters. The molecule has 6 atom stereocenters. The molecule has 6 heterocycles. The molecule has 3 aliphatic heterocycles. The molecule has 0 saturated carbocycles. The van der Waals surface area contributed by atoms with Crippen molar-refractivity contribution in [2.45, 2.75) is 83.7 Å². The topological polar surface area (TPSA) is 274 Å². The number of hydrogen-bond donors (Lipinski definition) is 6. The van der Waals surface area contributed by atoms with E-state index in [-0.39, 0.29) is 58.8 Å².